The van der Waals surface area contributed by atoms with Crippen LogP contribution in [0.15, 0.2) is 24.3 Å². The lowest BCUT2D eigenvalue weighted by atomic mass is 9.96. The molecule has 0 saturated carbocycles. The SMILES string of the molecule is Cc1ccc(O[C@@H]2OC(C(=O)O)[C@@H](O[C@H]3OC(CO)[C@@H](O)[C@H](O)C3N)[C@H](O)C2O)cc1. The summed E-state index contributed by atoms with van der Waals surface area (Å²) in [7, 11) is 0. The quantitative estimate of drug-likeness (QED) is 0.235. The fraction of sp³-hybridized carbons (Fsp3) is 0.632. The molecule has 4 unspecified atom stereocenters. The van der Waals surface area contributed by atoms with Crippen LogP contribution in [0.5, 0.6) is 5.75 Å². The van der Waals surface area contributed by atoms with Crippen LogP contribution in [0.1, 0.15) is 5.56 Å². The molecule has 2 saturated heterocycles. The topological polar surface area (TPSA) is 201 Å². The van der Waals surface area contributed by atoms with Crippen molar-refractivity contribution in [3.63, 3.8) is 0 Å². The zero-order valence-electron chi connectivity index (χ0n) is 16.6. The second-order valence-corrected chi connectivity index (χ2v) is 7.56. The maximum atomic E-state index is 11.8. The monoisotopic (exact) mass is 445 g/mol. The van der Waals surface area contributed by atoms with Crippen molar-refractivity contribution < 1.29 is 54.4 Å². The molecule has 1 aromatic rings. The molecule has 8 N–H and O–H groups in total. The third-order valence-corrected chi connectivity index (χ3v) is 5.28. The zero-order chi connectivity index (χ0) is 22.9. The average Bonchev–Trinajstić information content (AvgIpc) is 2.74. The standard InChI is InChI=1S/C19H27NO11/c1-7-2-4-8(5-3-7)28-19-14(25)13(24)15(16(31-19)17(26)27)30-18-10(20)12(23)11(22)9(6-21)29-18/h2-5,9-16,18-19,21-25H,6,20H2,1H3,(H,26,27)/t9?,10?,11-,12-,13-,14?,15+,16?,18-,19-/m1/s1. The van der Waals surface area contributed by atoms with Gasteiger partial charge < -0.3 is 55.3 Å². The van der Waals surface area contributed by atoms with Gasteiger partial charge in [0.25, 0.3) is 0 Å². The van der Waals surface area contributed by atoms with Crippen LogP contribution in [0.2, 0.25) is 0 Å². The Hall–Kier alpha value is -1.87. The van der Waals surface area contributed by atoms with Crippen LogP contribution in [0.4, 0.5) is 0 Å². The number of carboxylic acid groups (broad SMARTS) is 1. The highest BCUT2D eigenvalue weighted by molar-refractivity contribution is 5.73. The van der Waals surface area contributed by atoms with Crippen molar-refractivity contribution in [1.82, 2.24) is 0 Å². The average molecular weight is 445 g/mol. The van der Waals surface area contributed by atoms with Crippen molar-refractivity contribution in [3.05, 3.63) is 29.8 Å². The van der Waals surface area contributed by atoms with Gasteiger partial charge in [-0.1, -0.05) is 17.7 Å². The lowest BCUT2D eigenvalue weighted by Gasteiger charge is -2.45. The van der Waals surface area contributed by atoms with E-state index in [0.717, 1.165) is 5.56 Å². The Morgan fingerprint density at radius 3 is 2.23 bits per heavy atom. The van der Waals surface area contributed by atoms with Crippen molar-refractivity contribution in [3.8, 4) is 5.75 Å². The third kappa shape index (κ3) is 4.98. The zero-order valence-corrected chi connectivity index (χ0v) is 16.6. The van der Waals surface area contributed by atoms with Crippen molar-refractivity contribution in [2.24, 2.45) is 5.73 Å². The van der Waals surface area contributed by atoms with Gasteiger partial charge in [-0.15, -0.1) is 0 Å². The number of benzene rings is 1. The fourth-order valence-corrected chi connectivity index (χ4v) is 3.42. The Balaban J connectivity index is 1.76. The Bertz CT molecular complexity index is 745. The van der Waals surface area contributed by atoms with E-state index in [1.807, 2.05) is 6.92 Å². The molecule has 12 heteroatoms. The smallest absolute Gasteiger partial charge is 0.335 e. The minimum absolute atomic E-state index is 0.283. The minimum Gasteiger partial charge on any atom is -0.479 e. The molecule has 10 atom stereocenters. The fourth-order valence-electron chi connectivity index (χ4n) is 3.42. The van der Waals surface area contributed by atoms with E-state index in [9.17, 15) is 35.4 Å². The molecule has 3 rings (SSSR count). The summed E-state index contributed by atoms with van der Waals surface area (Å²) >= 11 is 0. The number of carbonyl (C=O) groups is 1. The predicted octanol–water partition coefficient (Wildman–Crippen LogP) is -2.94. The number of aliphatic carboxylic acids is 1. The van der Waals surface area contributed by atoms with Gasteiger partial charge in [-0.05, 0) is 19.1 Å². The molecule has 0 spiro atoms. The molecule has 12 nitrogen and oxygen atoms in total. The van der Waals surface area contributed by atoms with Gasteiger partial charge in [0.2, 0.25) is 6.29 Å². The molecule has 2 fully saturated rings. The van der Waals surface area contributed by atoms with Crippen LogP contribution in [0.3, 0.4) is 0 Å². The highest BCUT2D eigenvalue weighted by atomic mass is 16.7. The molecular formula is C19H27NO11. The van der Waals surface area contributed by atoms with E-state index < -0.39 is 73.9 Å². The Labute approximate surface area is 177 Å². The van der Waals surface area contributed by atoms with Gasteiger partial charge in [-0.2, -0.15) is 0 Å². The number of rotatable bonds is 6. The van der Waals surface area contributed by atoms with E-state index in [0.29, 0.717) is 0 Å². The maximum absolute atomic E-state index is 11.8. The molecule has 2 heterocycles. The number of hydrogen-bond acceptors (Lipinski definition) is 11. The van der Waals surface area contributed by atoms with Crippen molar-refractivity contribution in [2.75, 3.05) is 6.61 Å². The number of nitrogens with two attached hydrogens (primary N) is 1. The van der Waals surface area contributed by atoms with Crippen LogP contribution in [0, 0.1) is 6.92 Å². The van der Waals surface area contributed by atoms with Gasteiger partial charge in [0.1, 0.15) is 42.4 Å². The lowest BCUT2D eigenvalue weighted by Crippen LogP contribution is -2.67. The van der Waals surface area contributed by atoms with E-state index in [1.54, 1.807) is 24.3 Å². The summed E-state index contributed by atoms with van der Waals surface area (Å²) in [6.07, 6.45) is -14.3. The Morgan fingerprint density at radius 2 is 1.65 bits per heavy atom. The first-order chi connectivity index (χ1) is 14.6. The van der Waals surface area contributed by atoms with Gasteiger partial charge in [-0.3, -0.25) is 0 Å². The van der Waals surface area contributed by atoms with Gasteiger partial charge >= 0.3 is 5.97 Å². The van der Waals surface area contributed by atoms with Crippen molar-refractivity contribution >= 4 is 5.97 Å². The number of aliphatic hydroxyl groups is 5. The lowest BCUT2D eigenvalue weighted by molar-refractivity contribution is -0.330. The molecular weight excluding hydrogens is 418 g/mol. The van der Waals surface area contributed by atoms with E-state index in [4.69, 9.17) is 24.7 Å². The third-order valence-electron chi connectivity index (χ3n) is 5.28. The van der Waals surface area contributed by atoms with E-state index in [1.165, 1.54) is 0 Å². The second kappa shape index (κ2) is 9.73. The van der Waals surface area contributed by atoms with Crippen LogP contribution in [-0.2, 0) is 19.0 Å². The molecule has 31 heavy (non-hydrogen) atoms. The molecule has 0 aromatic heterocycles. The molecule has 2 aliphatic heterocycles. The number of ether oxygens (including phenoxy) is 4. The molecule has 0 amide bonds. The number of carboxylic acids is 1. The number of aliphatic hydroxyl groups excluding tert-OH is 5. The van der Waals surface area contributed by atoms with Crippen LogP contribution in [0.25, 0.3) is 0 Å². The maximum Gasteiger partial charge on any atom is 0.335 e. The molecule has 174 valence electrons. The summed E-state index contributed by atoms with van der Waals surface area (Å²) in [5.41, 5.74) is 6.74. The molecule has 2 aliphatic rings. The van der Waals surface area contributed by atoms with E-state index in [2.05, 4.69) is 0 Å². The van der Waals surface area contributed by atoms with Gasteiger partial charge in [0, 0.05) is 0 Å². The summed E-state index contributed by atoms with van der Waals surface area (Å²) in [6, 6.07) is 5.32. The van der Waals surface area contributed by atoms with Crippen LogP contribution in [-0.4, -0.2) is 105 Å². The van der Waals surface area contributed by atoms with Gasteiger partial charge in [0.15, 0.2) is 12.4 Å². The largest absolute Gasteiger partial charge is 0.479 e. The van der Waals surface area contributed by atoms with Crippen LogP contribution < -0.4 is 10.5 Å². The normalized spacial score (nSPS) is 41.0. The van der Waals surface area contributed by atoms with Crippen LogP contribution >= 0.6 is 0 Å². The summed E-state index contributed by atoms with van der Waals surface area (Å²) in [6.45, 7) is 1.18. The minimum atomic E-state index is -1.79. The van der Waals surface area contributed by atoms with Gasteiger partial charge in [-0.25, -0.2) is 4.79 Å². The molecule has 0 aliphatic carbocycles. The predicted molar refractivity (Wildman–Crippen MR) is 101 cm³/mol. The van der Waals surface area contributed by atoms with E-state index in [-0.39, 0.29) is 5.75 Å². The van der Waals surface area contributed by atoms with Crippen molar-refractivity contribution in [2.45, 2.75) is 68.3 Å². The first kappa shape index (κ1) is 23.8. The molecule has 1 aromatic carbocycles. The summed E-state index contributed by atoms with van der Waals surface area (Å²) < 4.78 is 21.6. The summed E-state index contributed by atoms with van der Waals surface area (Å²) in [4.78, 5) is 11.8. The Kier molecular flexibility index (Phi) is 7.47. The molecule has 0 radical (unpaired) electrons. The highest BCUT2D eigenvalue weighted by Crippen LogP contribution is 2.30. The number of aryl methyl sites for hydroxylation is 1. The molecule has 0 bridgehead atoms. The summed E-state index contributed by atoms with van der Waals surface area (Å²) in [5, 5.41) is 59.8. The first-order valence-electron chi connectivity index (χ1n) is 9.65. The highest BCUT2D eigenvalue weighted by Gasteiger charge is 2.52. The number of hydrogen-bond donors (Lipinski definition) is 7. The van der Waals surface area contributed by atoms with E-state index >= 15 is 0 Å². The van der Waals surface area contributed by atoms with Crippen molar-refractivity contribution in [1.29, 1.82) is 0 Å². The Morgan fingerprint density at radius 1 is 1.00 bits per heavy atom. The van der Waals surface area contributed by atoms with Gasteiger partial charge in [0.05, 0.1) is 12.6 Å². The second-order valence-electron chi connectivity index (χ2n) is 7.56. The summed E-state index contributed by atoms with van der Waals surface area (Å²) in [5.74, 6) is -1.23. The first-order valence-corrected chi connectivity index (χ1v) is 9.65.